The van der Waals surface area contributed by atoms with Gasteiger partial charge in [0.25, 0.3) is 0 Å². The Kier molecular flexibility index (Phi) is 1.67. The van der Waals surface area contributed by atoms with E-state index in [1.54, 1.807) is 13.8 Å². The van der Waals surface area contributed by atoms with E-state index in [4.69, 9.17) is 0 Å². The molecule has 2 aromatic rings. The van der Waals surface area contributed by atoms with Gasteiger partial charge in [-0.1, -0.05) is 12.1 Å². The topological polar surface area (TPSA) is 36.0 Å². The summed E-state index contributed by atoms with van der Waals surface area (Å²) < 4.78 is 0. The van der Waals surface area contributed by atoms with Crippen LogP contribution in [0.25, 0.3) is 10.9 Å². The van der Waals surface area contributed by atoms with E-state index in [0.29, 0.717) is 0 Å². The highest BCUT2D eigenvalue weighted by Crippen LogP contribution is 2.27. The van der Waals surface area contributed by atoms with E-state index in [1.165, 1.54) is 0 Å². The predicted molar refractivity (Wildman–Crippen MR) is 53.5 cm³/mol. The first-order valence-corrected chi connectivity index (χ1v) is 4.38. The molecule has 13 heavy (non-hydrogen) atoms. The zero-order valence-electron chi connectivity index (χ0n) is 7.83. The Balaban J connectivity index is 2.75. The summed E-state index contributed by atoms with van der Waals surface area (Å²) in [6.45, 7) is 3.60. The number of aliphatic hydroxyl groups is 1. The molecule has 2 rings (SSSR count). The monoisotopic (exact) mass is 175 g/mol. The SMILES string of the molecule is CC(C)(O)c1cccc2[nH]ccc12. The van der Waals surface area contributed by atoms with E-state index in [1.807, 2.05) is 30.5 Å². The number of aromatic nitrogens is 1. The summed E-state index contributed by atoms with van der Waals surface area (Å²) in [5.74, 6) is 0. The van der Waals surface area contributed by atoms with Crippen molar-refractivity contribution in [2.45, 2.75) is 19.4 Å². The first kappa shape index (κ1) is 8.32. The molecule has 0 aliphatic heterocycles. The fourth-order valence-electron chi connectivity index (χ4n) is 1.62. The van der Waals surface area contributed by atoms with Crippen LogP contribution in [-0.2, 0) is 5.60 Å². The fourth-order valence-corrected chi connectivity index (χ4v) is 1.62. The molecule has 0 spiro atoms. The van der Waals surface area contributed by atoms with Gasteiger partial charge in [-0.3, -0.25) is 0 Å². The van der Waals surface area contributed by atoms with Crippen molar-refractivity contribution in [2.24, 2.45) is 0 Å². The number of nitrogens with one attached hydrogen (secondary N) is 1. The van der Waals surface area contributed by atoms with Gasteiger partial charge in [-0.25, -0.2) is 0 Å². The van der Waals surface area contributed by atoms with E-state index in [2.05, 4.69) is 4.98 Å². The molecule has 0 unspecified atom stereocenters. The van der Waals surface area contributed by atoms with Gasteiger partial charge >= 0.3 is 0 Å². The van der Waals surface area contributed by atoms with E-state index in [0.717, 1.165) is 16.5 Å². The number of hydrogen-bond acceptors (Lipinski definition) is 1. The number of hydrogen-bond donors (Lipinski definition) is 2. The average molecular weight is 175 g/mol. The minimum absolute atomic E-state index is 0.776. The Morgan fingerprint density at radius 2 is 2.00 bits per heavy atom. The van der Waals surface area contributed by atoms with Crippen LogP contribution in [0.5, 0.6) is 0 Å². The van der Waals surface area contributed by atoms with Gasteiger partial charge in [0.15, 0.2) is 0 Å². The second kappa shape index (κ2) is 2.60. The minimum Gasteiger partial charge on any atom is -0.386 e. The van der Waals surface area contributed by atoms with E-state index < -0.39 is 5.60 Å². The van der Waals surface area contributed by atoms with Gasteiger partial charge in [-0.05, 0) is 31.5 Å². The predicted octanol–water partition coefficient (Wildman–Crippen LogP) is 2.40. The summed E-state index contributed by atoms with van der Waals surface area (Å²) >= 11 is 0. The first-order valence-electron chi connectivity index (χ1n) is 4.38. The molecule has 2 nitrogen and oxygen atoms in total. The first-order chi connectivity index (χ1) is 6.09. The highest BCUT2D eigenvalue weighted by atomic mass is 16.3. The van der Waals surface area contributed by atoms with Crippen molar-refractivity contribution < 1.29 is 5.11 Å². The number of rotatable bonds is 1. The molecule has 0 aliphatic rings. The van der Waals surface area contributed by atoms with Crippen molar-refractivity contribution in [3.8, 4) is 0 Å². The lowest BCUT2D eigenvalue weighted by Gasteiger charge is -2.18. The molecule has 0 atom stereocenters. The van der Waals surface area contributed by atoms with Crippen LogP contribution >= 0.6 is 0 Å². The van der Waals surface area contributed by atoms with Crippen LogP contribution in [0.4, 0.5) is 0 Å². The summed E-state index contributed by atoms with van der Waals surface area (Å²) in [7, 11) is 0. The molecule has 0 radical (unpaired) electrons. The molecule has 2 N–H and O–H groups in total. The Morgan fingerprint density at radius 1 is 1.23 bits per heavy atom. The summed E-state index contributed by atoms with van der Waals surface area (Å²) in [6.07, 6.45) is 1.89. The van der Waals surface area contributed by atoms with Crippen LogP contribution in [0.15, 0.2) is 30.5 Å². The van der Waals surface area contributed by atoms with Crippen LogP contribution in [-0.4, -0.2) is 10.1 Å². The lowest BCUT2D eigenvalue weighted by molar-refractivity contribution is 0.0802. The molecule has 1 heterocycles. The standard InChI is InChI=1S/C11H13NO/c1-11(2,13)9-4-3-5-10-8(9)6-7-12-10/h3-7,12-13H,1-2H3. The van der Waals surface area contributed by atoms with Crippen molar-refractivity contribution in [1.82, 2.24) is 4.98 Å². The molecule has 0 amide bonds. The van der Waals surface area contributed by atoms with E-state index >= 15 is 0 Å². The van der Waals surface area contributed by atoms with Gasteiger partial charge in [0.05, 0.1) is 5.60 Å². The molecule has 0 saturated carbocycles. The van der Waals surface area contributed by atoms with Crippen LogP contribution < -0.4 is 0 Å². The molecule has 2 heteroatoms. The average Bonchev–Trinajstić information content (AvgIpc) is 2.48. The van der Waals surface area contributed by atoms with E-state index in [9.17, 15) is 5.11 Å². The lowest BCUT2D eigenvalue weighted by atomic mass is 9.95. The molecule has 0 saturated heterocycles. The zero-order chi connectivity index (χ0) is 9.47. The van der Waals surface area contributed by atoms with Gasteiger partial charge in [0.2, 0.25) is 0 Å². The summed E-state index contributed by atoms with van der Waals surface area (Å²) in [6, 6.07) is 7.90. The van der Waals surface area contributed by atoms with Crippen LogP contribution in [0, 0.1) is 0 Å². The second-order valence-corrected chi connectivity index (χ2v) is 3.80. The van der Waals surface area contributed by atoms with Gasteiger partial charge in [0, 0.05) is 17.1 Å². The third kappa shape index (κ3) is 1.33. The van der Waals surface area contributed by atoms with Gasteiger partial charge < -0.3 is 10.1 Å². The Labute approximate surface area is 77.2 Å². The molecule has 0 bridgehead atoms. The Morgan fingerprint density at radius 3 is 2.69 bits per heavy atom. The molecule has 68 valence electrons. The molecule has 0 aliphatic carbocycles. The zero-order valence-corrected chi connectivity index (χ0v) is 7.83. The van der Waals surface area contributed by atoms with Crippen molar-refractivity contribution >= 4 is 10.9 Å². The highest BCUT2D eigenvalue weighted by Gasteiger charge is 2.18. The molecular formula is C11H13NO. The maximum atomic E-state index is 9.89. The van der Waals surface area contributed by atoms with Crippen molar-refractivity contribution in [3.05, 3.63) is 36.0 Å². The maximum absolute atomic E-state index is 9.89. The number of aromatic amines is 1. The Bertz CT molecular complexity index is 423. The third-order valence-corrected chi connectivity index (χ3v) is 2.25. The van der Waals surface area contributed by atoms with E-state index in [-0.39, 0.29) is 0 Å². The molecule has 1 aromatic carbocycles. The number of benzene rings is 1. The van der Waals surface area contributed by atoms with Gasteiger partial charge in [-0.15, -0.1) is 0 Å². The summed E-state index contributed by atoms with van der Waals surface area (Å²) in [5, 5.41) is 11.0. The Hall–Kier alpha value is -1.28. The second-order valence-electron chi connectivity index (χ2n) is 3.80. The van der Waals surface area contributed by atoms with Crippen LogP contribution in [0.2, 0.25) is 0 Å². The number of H-pyrrole nitrogens is 1. The van der Waals surface area contributed by atoms with Gasteiger partial charge in [-0.2, -0.15) is 0 Å². The smallest absolute Gasteiger partial charge is 0.0847 e. The molecule has 1 aromatic heterocycles. The van der Waals surface area contributed by atoms with Gasteiger partial charge in [0.1, 0.15) is 0 Å². The lowest BCUT2D eigenvalue weighted by Crippen LogP contribution is -2.15. The minimum atomic E-state index is -0.776. The van der Waals surface area contributed by atoms with Crippen LogP contribution in [0.3, 0.4) is 0 Å². The van der Waals surface area contributed by atoms with Crippen molar-refractivity contribution in [2.75, 3.05) is 0 Å². The normalized spacial score (nSPS) is 12.2. The number of fused-ring (bicyclic) bond motifs is 1. The third-order valence-electron chi connectivity index (χ3n) is 2.25. The molecule has 0 fully saturated rings. The molecular weight excluding hydrogens is 162 g/mol. The maximum Gasteiger partial charge on any atom is 0.0847 e. The van der Waals surface area contributed by atoms with Crippen molar-refractivity contribution in [3.63, 3.8) is 0 Å². The van der Waals surface area contributed by atoms with Crippen LogP contribution in [0.1, 0.15) is 19.4 Å². The van der Waals surface area contributed by atoms with Crippen molar-refractivity contribution in [1.29, 1.82) is 0 Å². The highest BCUT2D eigenvalue weighted by molar-refractivity contribution is 5.83. The fraction of sp³-hybridized carbons (Fsp3) is 0.273. The summed E-state index contributed by atoms with van der Waals surface area (Å²) in [4.78, 5) is 3.12. The quantitative estimate of drug-likeness (QED) is 0.686. The summed E-state index contributed by atoms with van der Waals surface area (Å²) in [5.41, 5.74) is 1.26. The largest absolute Gasteiger partial charge is 0.386 e.